The number of nitrogens with one attached hydrogen (secondary N) is 1. The van der Waals surface area contributed by atoms with E-state index in [-0.39, 0.29) is 23.7 Å². The number of hydrogen-bond donors (Lipinski definition) is 1. The number of para-hydroxylation sites is 2. The summed E-state index contributed by atoms with van der Waals surface area (Å²) in [5, 5.41) is 2.98. The summed E-state index contributed by atoms with van der Waals surface area (Å²) in [6.45, 7) is 6.07. The zero-order chi connectivity index (χ0) is 17.3. The van der Waals surface area contributed by atoms with Crippen LogP contribution in [0, 0.1) is 0 Å². The summed E-state index contributed by atoms with van der Waals surface area (Å²) in [4.78, 5) is 14.0. The highest BCUT2D eigenvalue weighted by Gasteiger charge is 2.41. The van der Waals surface area contributed by atoms with Crippen LogP contribution in [0.25, 0.3) is 0 Å². The molecule has 0 radical (unpaired) electrons. The van der Waals surface area contributed by atoms with Crippen LogP contribution in [0.5, 0.6) is 11.5 Å². The van der Waals surface area contributed by atoms with Gasteiger partial charge in [0.05, 0.1) is 5.60 Å². The monoisotopic (exact) mass is 346 g/mol. The molecular weight excluding hydrogens is 320 g/mol. The van der Waals surface area contributed by atoms with Crippen LogP contribution in [0.2, 0.25) is 0 Å². The fourth-order valence-corrected chi connectivity index (χ4v) is 3.87. The average Bonchev–Trinajstić information content (AvgIpc) is 2.65. The van der Waals surface area contributed by atoms with E-state index < -0.39 is 0 Å². The van der Waals surface area contributed by atoms with E-state index in [9.17, 15) is 4.79 Å². The first-order valence-corrected chi connectivity index (χ1v) is 9.20. The van der Waals surface area contributed by atoms with Crippen LogP contribution in [0.15, 0.2) is 24.3 Å². The summed E-state index contributed by atoms with van der Waals surface area (Å²) < 4.78 is 17.8. The molecule has 2 saturated heterocycles. The first-order valence-electron chi connectivity index (χ1n) is 9.20. The van der Waals surface area contributed by atoms with Crippen LogP contribution in [-0.4, -0.2) is 61.4 Å². The van der Waals surface area contributed by atoms with Crippen LogP contribution in [0.3, 0.4) is 0 Å². The minimum absolute atomic E-state index is 0.00258. The van der Waals surface area contributed by atoms with Crippen molar-refractivity contribution in [3.8, 4) is 11.5 Å². The summed E-state index contributed by atoms with van der Waals surface area (Å²) in [5.41, 5.74) is -0.173. The minimum atomic E-state index is -0.340. The number of carbonyl (C=O) groups excluding carboxylic acids is 1. The van der Waals surface area contributed by atoms with Gasteiger partial charge in [-0.25, -0.2) is 0 Å². The Labute approximate surface area is 148 Å². The number of fused-ring (bicyclic) bond motifs is 1. The second kappa shape index (κ2) is 6.84. The largest absolute Gasteiger partial charge is 0.486 e. The molecule has 6 nitrogen and oxygen atoms in total. The third-order valence-corrected chi connectivity index (χ3v) is 5.48. The molecule has 0 aliphatic carbocycles. The first kappa shape index (κ1) is 16.7. The van der Waals surface area contributed by atoms with Gasteiger partial charge < -0.3 is 24.4 Å². The van der Waals surface area contributed by atoms with Gasteiger partial charge in [0.2, 0.25) is 5.91 Å². The maximum atomic E-state index is 11.6. The lowest BCUT2D eigenvalue weighted by molar-refractivity contribution is -0.167. The topological polar surface area (TPSA) is 60.0 Å². The number of benzene rings is 1. The molecule has 2 atom stereocenters. The second-order valence-corrected chi connectivity index (χ2v) is 7.29. The number of rotatable bonds is 3. The van der Waals surface area contributed by atoms with Crippen LogP contribution >= 0.6 is 0 Å². The van der Waals surface area contributed by atoms with Gasteiger partial charge >= 0.3 is 0 Å². The Morgan fingerprint density at radius 1 is 1.24 bits per heavy atom. The summed E-state index contributed by atoms with van der Waals surface area (Å²) in [7, 11) is 0. The molecule has 1 aromatic carbocycles. The van der Waals surface area contributed by atoms with E-state index in [0.717, 1.165) is 50.4 Å². The minimum Gasteiger partial charge on any atom is -0.486 e. The number of hydrogen-bond acceptors (Lipinski definition) is 5. The van der Waals surface area contributed by atoms with Gasteiger partial charge in [0.1, 0.15) is 18.8 Å². The Morgan fingerprint density at radius 3 is 2.76 bits per heavy atom. The molecule has 1 N–H and O–H groups in total. The van der Waals surface area contributed by atoms with E-state index in [1.54, 1.807) is 0 Å². The highest BCUT2D eigenvalue weighted by Crippen LogP contribution is 2.32. The first-order chi connectivity index (χ1) is 12.1. The molecule has 0 saturated carbocycles. The Hall–Kier alpha value is -1.79. The van der Waals surface area contributed by atoms with Crippen LogP contribution in [0.1, 0.15) is 26.2 Å². The molecule has 25 heavy (non-hydrogen) atoms. The summed E-state index contributed by atoms with van der Waals surface area (Å²) in [6.07, 6.45) is 2.64. The average molecular weight is 346 g/mol. The molecule has 1 spiro atoms. The third kappa shape index (κ3) is 3.60. The molecule has 2 unspecified atom stereocenters. The molecule has 4 rings (SSSR count). The van der Waals surface area contributed by atoms with Gasteiger partial charge in [-0.2, -0.15) is 0 Å². The van der Waals surface area contributed by atoms with Gasteiger partial charge in [-0.15, -0.1) is 0 Å². The number of piperidine rings is 1. The number of ether oxygens (including phenoxy) is 3. The molecule has 3 aliphatic heterocycles. The number of amides is 1. The lowest BCUT2D eigenvalue weighted by Gasteiger charge is -2.45. The molecule has 1 amide bonds. The van der Waals surface area contributed by atoms with Crippen molar-refractivity contribution in [3.05, 3.63) is 24.3 Å². The van der Waals surface area contributed by atoms with E-state index in [0.29, 0.717) is 13.2 Å². The number of morpholine rings is 1. The van der Waals surface area contributed by atoms with Crippen LogP contribution in [0.4, 0.5) is 0 Å². The number of carbonyl (C=O) groups is 1. The van der Waals surface area contributed by atoms with E-state index in [1.807, 2.05) is 31.2 Å². The van der Waals surface area contributed by atoms with E-state index in [1.165, 1.54) is 0 Å². The standard InChI is InChI=1S/C19H26N2O4/c1-14-18(22)20-13-19(25-14)7-10-21(11-8-19)9-6-15-12-23-16-4-2-3-5-17(16)24-15/h2-5,14-15H,6-13H2,1H3,(H,20,22). The predicted molar refractivity (Wildman–Crippen MR) is 92.9 cm³/mol. The molecule has 2 fully saturated rings. The van der Waals surface area contributed by atoms with Gasteiger partial charge in [0.15, 0.2) is 11.5 Å². The highest BCUT2D eigenvalue weighted by molar-refractivity contribution is 5.81. The smallest absolute Gasteiger partial charge is 0.248 e. The summed E-state index contributed by atoms with van der Waals surface area (Å²) in [6, 6.07) is 7.84. The van der Waals surface area contributed by atoms with Crippen molar-refractivity contribution in [3.63, 3.8) is 0 Å². The molecule has 136 valence electrons. The van der Waals surface area contributed by atoms with Crippen molar-refractivity contribution in [2.24, 2.45) is 0 Å². The van der Waals surface area contributed by atoms with Gasteiger partial charge in [0.25, 0.3) is 0 Å². The third-order valence-electron chi connectivity index (χ3n) is 5.48. The maximum absolute atomic E-state index is 11.6. The van der Waals surface area contributed by atoms with Crippen molar-refractivity contribution >= 4 is 5.91 Å². The number of nitrogens with zero attached hydrogens (tertiary/aromatic N) is 1. The van der Waals surface area contributed by atoms with Crippen LogP contribution < -0.4 is 14.8 Å². The van der Waals surface area contributed by atoms with Crippen LogP contribution in [-0.2, 0) is 9.53 Å². The Kier molecular flexibility index (Phi) is 4.56. The Balaban J connectivity index is 1.24. The molecule has 0 bridgehead atoms. The van der Waals surface area contributed by atoms with Crippen molar-refractivity contribution in [2.75, 3.05) is 32.8 Å². The molecule has 1 aromatic rings. The number of likely N-dealkylation sites (tertiary alicyclic amines) is 1. The lowest BCUT2D eigenvalue weighted by atomic mass is 9.89. The van der Waals surface area contributed by atoms with Gasteiger partial charge in [-0.3, -0.25) is 4.79 Å². The van der Waals surface area contributed by atoms with Crippen molar-refractivity contribution in [1.82, 2.24) is 10.2 Å². The Bertz CT molecular complexity index is 628. The highest BCUT2D eigenvalue weighted by atomic mass is 16.6. The van der Waals surface area contributed by atoms with E-state index >= 15 is 0 Å². The Morgan fingerprint density at radius 2 is 2.00 bits per heavy atom. The maximum Gasteiger partial charge on any atom is 0.248 e. The zero-order valence-corrected chi connectivity index (χ0v) is 14.7. The van der Waals surface area contributed by atoms with Crippen molar-refractivity contribution < 1.29 is 19.0 Å². The molecular formula is C19H26N2O4. The lowest BCUT2D eigenvalue weighted by Crippen LogP contribution is -2.60. The predicted octanol–water partition coefficient (Wildman–Crippen LogP) is 1.59. The fraction of sp³-hybridized carbons (Fsp3) is 0.632. The second-order valence-electron chi connectivity index (χ2n) is 7.29. The van der Waals surface area contributed by atoms with Crippen molar-refractivity contribution in [2.45, 2.75) is 44.0 Å². The van der Waals surface area contributed by atoms with Gasteiger partial charge in [0, 0.05) is 32.6 Å². The molecule has 3 heterocycles. The summed E-state index contributed by atoms with van der Waals surface area (Å²) >= 11 is 0. The molecule has 3 aliphatic rings. The van der Waals surface area contributed by atoms with Crippen molar-refractivity contribution in [1.29, 1.82) is 0 Å². The normalized spacial score (nSPS) is 28.6. The van der Waals surface area contributed by atoms with Gasteiger partial charge in [-0.1, -0.05) is 12.1 Å². The van der Waals surface area contributed by atoms with Gasteiger partial charge in [-0.05, 0) is 31.9 Å². The molecule has 6 heteroatoms. The molecule has 0 aromatic heterocycles. The van der Waals surface area contributed by atoms with E-state index in [4.69, 9.17) is 14.2 Å². The fourth-order valence-electron chi connectivity index (χ4n) is 3.87. The quantitative estimate of drug-likeness (QED) is 0.901. The van der Waals surface area contributed by atoms with E-state index in [2.05, 4.69) is 10.2 Å². The zero-order valence-electron chi connectivity index (χ0n) is 14.7. The SMILES string of the molecule is CC1OC2(CCN(CCC3COc4ccccc4O3)CC2)CNC1=O. The summed E-state index contributed by atoms with van der Waals surface area (Å²) in [5.74, 6) is 1.68.